The molecule has 1 unspecified atom stereocenters. The lowest BCUT2D eigenvalue weighted by atomic mass is 9.86. The lowest BCUT2D eigenvalue weighted by Gasteiger charge is -2.37. The lowest BCUT2D eigenvalue weighted by molar-refractivity contribution is 0.182. The first-order chi connectivity index (χ1) is 14.4. The number of fused-ring (bicyclic) bond motifs is 1. The molecule has 4 rings (SSSR count). The first-order valence-corrected chi connectivity index (χ1v) is 10.2. The van der Waals surface area contributed by atoms with Crippen molar-refractivity contribution in [1.82, 2.24) is 9.47 Å². The average molecular weight is 399 g/mol. The summed E-state index contributed by atoms with van der Waals surface area (Å²) in [5, 5.41) is 12.1. The highest BCUT2D eigenvalue weighted by Gasteiger charge is 2.32. The van der Waals surface area contributed by atoms with Gasteiger partial charge in [0.05, 0.1) is 17.7 Å². The van der Waals surface area contributed by atoms with Gasteiger partial charge in [-0.05, 0) is 46.9 Å². The van der Waals surface area contributed by atoms with Crippen molar-refractivity contribution in [2.75, 3.05) is 11.9 Å². The number of hydrogen-bond donors (Lipinski definition) is 1. The zero-order chi connectivity index (χ0) is 21.3. The van der Waals surface area contributed by atoms with Crippen LogP contribution in [0.2, 0.25) is 0 Å². The van der Waals surface area contributed by atoms with Crippen LogP contribution < -0.4 is 5.32 Å². The third kappa shape index (κ3) is 3.81. The maximum Gasteiger partial charge on any atom is 0.322 e. The Morgan fingerprint density at radius 3 is 2.53 bits per heavy atom. The second-order valence-electron chi connectivity index (χ2n) is 8.72. The SMILES string of the molecule is CC(C)(C)c1ccc(C2c3cccn3CCN2C(=O)Nc2cccc(C#N)c2)cc1. The highest BCUT2D eigenvalue weighted by atomic mass is 16.2. The van der Waals surface area contributed by atoms with Crippen LogP contribution in [0.3, 0.4) is 0 Å². The maximum absolute atomic E-state index is 13.2. The maximum atomic E-state index is 13.2. The first-order valence-electron chi connectivity index (χ1n) is 10.2. The van der Waals surface area contributed by atoms with Crippen molar-refractivity contribution in [2.45, 2.75) is 38.8 Å². The van der Waals surface area contributed by atoms with Crippen molar-refractivity contribution in [1.29, 1.82) is 5.26 Å². The van der Waals surface area contributed by atoms with E-state index in [1.165, 1.54) is 5.56 Å². The van der Waals surface area contributed by atoms with E-state index in [1.54, 1.807) is 24.3 Å². The van der Waals surface area contributed by atoms with Crippen LogP contribution in [0.4, 0.5) is 10.5 Å². The molecular formula is C25H26N4O. The van der Waals surface area contributed by atoms with Gasteiger partial charge in [-0.3, -0.25) is 0 Å². The van der Waals surface area contributed by atoms with Crippen LogP contribution in [0, 0.1) is 11.3 Å². The van der Waals surface area contributed by atoms with Gasteiger partial charge in [-0.25, -0.2) is 4.79 Å². The smallest absolute Gasteiger partial charge is 0.322 e. The van der Waals surface area contributed by atoms with Gasteiger partial charge in [0, 0.05) is 30.7 Å². The Morgan fingerprint density at radius 2 is 1.83 bits per heavy atom. The number of nitrogens with one attached hydrogen (secondary N) is 1. The van der Waals surface area contributed by atoms with Gasteiger partial charge in [-0.2, -0.15) is 5.26 Å². The highest BCUT2D eigenvalue weighted by Crippen LogP contribution is 2.34. The molecule has 5 heteroatoms. The molecular weight excluding hydrogens is 372 g/mol. The number of nitrogens with zero attached hydrogens (tertiary/aromatic N) is 3. The van der Waals surface area contributed by atoms with E-state index in [0.29, 0.717) is 17.8 Å². The predicted octanol–water partition coefficient (Wildman–Crippen LogP) is 5.29. The van der Waals surface area contributed by atoms with Crippen LogP contribution in [0.15, 0.2) is 66.9 Å². The Morgan fingerprint density at radius 1 is 1.07 bits per heavy atom. The zero-order valence-electron chi connectivity index (χ0n) is 17.6. The molecule has 0 radical (unpaired) electrons. The van der Waals surface area contributed by atoms with Crippen LogP contribution in [0.5, 0.6) is 0 Å². The molecule has 1 aliphatic heterocycles. The summed E-state index contributed by atoms with van der Waals surface area (Å²) in [6.45, 7) is 7.95. The highest BCUT2D eigenvalue weighted by molar-refractivity contribution is 5.90. The Bertz CT molecular complexity index is 1100. The number of urea groups is 1. The number of aromatic nitrogens is 1. The summed E-state index contributed by atoms with van der Waals surface area (Å²) in [6, 6.07) is 21.5. The van der Waals surface area contributed by atoms with Crippen LogP contribution in [0.25, 0.3) is 0 Å². The van der Waals surface area contributed by atoms with Crippen molar-refractivity contribution in [2.24, 2.45) is 0 Å². The van der Waals surface area contributed by atoms with E-state index in [9.17, 15) is 4.79 Å². The zero-order valence-corrected chi connectivity index (χ0v) is 17.6. The van der Waals surface area contributed by atoms with Crippen molar-refractivity contribution in [3.63, 3.8) is 0 Å². The molecule has 1 atom stereocenters. The van der Waals surface area contributed by atoms with Crippen LogP contribution >= 0.6 is 0 Å². The molecule has 1 aliphatic rings. The summed E-state index contributed by atoms with van der Waals surface area (Å²) in [6.07, 6.45) is 2.07. The Labute approximate surface area is 177 Å². The van der Waals surface area contributed by atoms with Crippen molar-refractivity contribution in [3.05, 3.63) is 89.2 Å². The third-order valence-electron chi connectivity index (χ3n) is 5.63. The molecule has 2 heterocycles. The third-order valence-corrected chi connectivity index (χ3v) is 5.63. The summed E-state index contributed by atoms with van der Waals surface area (Å²) in [7, 11) is 0. The molecule has 2 amide bonds. The Kier molecular flexibility index (Phi) is 5.09. The van der Waals surface area contributed by atoms with E-state index >= 15 is 0 Å². The molecule has 0 spiro atoms. The minimum absolute atomic E-state index is 0.0775. The number of carbonyl (C=O) groups excluding carboxylic acids is 1. The number of carbonyl (C=O) groups is 1. The van der Waals surface area contributed by atoms with E-state index in [4.69, 9.17) is 5.26 Å². The van der Waals surface area contributed by atoms with Crippen LogP contribution in [-0.2, 0) is 12.0 Å². The summed E-state index contributed by atoms with van der Waals surface area (Å²) >= 11 is 0. The summed E-state index contributed by atoms with van der Waals surface area (Å²) in [5.41, 5.74) is 4.68. The number of nitriles is 1. The quantitative estimate of drug-likeness (QED) is 0.637. The molecule has 0 bridgehead atoms. The van der Waals surface area contributed by atoms with Gasteiger partial charge < -0.3 is 14.8 Å². The number of amides is 2. The van der Waals surface area contributed by atoms with Crippen molar-refractivity contribution < 1.29 is 4.79 Å². The average Bonchev–Trinajstić information content (AvgIpc) is 3.21. The number of hydrogen-bond acceptors (Lipinski definition) is 2. The van der Waals surface area contributed by atoms with E-state index < -0.39 is 0 Å². The monoisotopic (exact) mass is 398 g/mol. The van der Waals surface area contributed by atoms with Gasteiger partial charge in [-0.1, -0.05) is 51.1 Å². The van der Waals surface area contributed by atoms with Gasteiger partial charge in [0.15, 0.2) is 0 Å². The molecule has 0 aliphatic carbocycles. The number of benzene rings is 2. The summed E-state index contributed by atoms with van der Waals surface area (Å²) in [5.74, 6) is 0. The lowest BCUT2D eigenvalue weighted by Crippen LogP contribution is -2.44. The summed E-state index contributed by atoms with van der Waals surface area (Å²) in [4.78, 5) is 15.1. The minimum Gasteiger partial charge on any atom is -0.348 e. The molecule has 152 valence electrons. The predicted molar refractivity (Wildman–Crippen MR) is 118 cm³/mol. The van der Waals surface area contributed by atoms with Crippen LogP contribution in [-0.4, -0.2) is 22.0 Å². The van der Waals surface area contributed by atoms with Gasteiger partial charge in [0.2, 0.25) is 0 Å². The fraction of sp³-hybridized carbons (Fsp3) is 0.280. The van der Waals surface area contributed by atoms with E-state index in [1.807, 2.05) is 11.0 Å². The largest absolute Gasteiger partial charge is 0.348 e. The summed E-state index contributed by atoms with van der Waals surface area (Å²) < 4.78 is 2.21. The molecule has 0 fully saturated rings. The van der Waals surface area contributed by atoms with Gasteiger partial charge in [0.1, 0.15) is 0 Å². The second-order valence-corrected chi connectivity index (χ2v) is 8.72. The number of anilines is 1. The van der Waals surface area contributed by atoms with Gasteiger partial charge >= 0.3 is 6.03 Å². The molecule has 0 saturated heterocycles. The van der Waals surface area contributed by atoms with E-state index in [0.717, 1.165) is 17.8 Å². The normalized spacial score (nSPS) is 15.9. The fourth-order valence-corrected chi connectivity index (χ4v) is 3.98. The topological polar surface area (TPSA) is 61.1 Å². The van der Waals surface area contributed by atoms with Crippen molar-refractivity contribution >= 4 is 11.7 Å². The van der Waals surface area contributed by atoms with Crippen molar-refractivity contribution in [3.8, 4) is 6.07 Å². The Hall–Kier alpha value is -3.52. The van der Waals surface area contributed by atoms with Gasteiger partial charge in [0.25, 0.3) is 0 Å². The molecule has 1 aromatic heterocycles. The molecule has 0 saturated carbocycles. The molecule has 30 heavy (non-hydrogen) atoms. The molecule has 5 nitrogen and oxygen atoms in total. The minimum atomic E-state index is -0.165. The molecule has 3 aromatic rings. The Balaban J connectivity index is 1.66. The van der Waals surface area contributed by atoms with E-state index in [-0.39, 0.29) is 17.5 Å². The van der Waals surface area contributed by atoms with E-state index in [2.05, 4.69) is 73.3 Å². The first kappa shape index (κ1) is 19.8. The molecule has 1 N–H and O–H groups in total. The second kappa shape index (κ2) is 7.72. The fourth-order valence-electron chi connectivity index (χ4n) is 3.98. The standard InChI is InChI=1S/C25H26N4O/c1-25(2,3)20-11-9-19(10-12-20)23-22-8-5-13-28(22)14-15-29(23)24(30)27-21-7-4-6-18(16-21)17-26/h4-13,16,23H,14-15H2,1-3H3,(H,27,30). The van der Waals surface area contributed by atoms with Gasteiger partial charge in [-0.15, -0.1) is 0 Å². The van der Waals surface area contributed by atoms with Crippen LogP contribution in [0.1, 0.15) is 49.2 Å². The number of rotatable bonds is 2. The molecule has 2 aromatic carbocycles.